The van der Waals surface area contributed by atoms with Crippen molar-refractivity contribution in [2.75, 3.05) is 27.2 Å². The molecule has 8 heteroatoms. The Hall–Kier alpha value is -2.09. The highest BCUT2D eigenvalue weighted by Crippen LogP contribution is 2.33. The van der Waals surface area contributed by atoms with E-state index in [1.807, 2.05) is 19.0 Å². The Bertz CT molecular complexity index is 1030. The smallest absolute Gasteiger partial charge is 0.268 e. The lowest BCUT2D eigenvalue weighted by atomic mass is 10.2. The van der Waals surface area contributed by atoms with Crippen molar-refractivity contribution in [1.82, 2.24) is 8.87 Å². The van der Waals surface area contributed by atoms with E-state index in [1.54, 1.807) is 18.2 Å². The van der Waals surface area contributed by atoms with Crippen molar-refractivity contribution >= 4 is 32.5 Å². The average Bonchev–Trinajstić information content (AvgIpc) is 2.94. The molecule has 0 spiro atoms. The average molecular weight is 397 g/mol. The van der Waals surface area contributed by atoms with Crippen LogP contribution in [0.3, 0.4) is 0 Å². The number of likely N-dealkylation sites (N-methyl/N-ethyl adjacent to an activating group) is 1. The Labute approximate surface area is 156 Å². The van der Waals surface area contributed by atoms with Crippen molar-refractivity contribution in [3.8, 4) is 5.75 Å². The third-order valence-electron chi connectivity index (χ3n) is 3.86. The second kappa shape index (κ2) is 7.26. The summed E-state index contributed by atoms with van der Waals surface area (Å²) >= 11 is 6.07. The molecule has 0 aliphatic heterocycles. The quantitative estimate of drug-likeness (QED) is 0.638. The molecule has 0 fully saturated rings. The van der Waals surface area contributed by atoms with Gasteiger partial charge in [0.25, 0.3) is 10.0 Å². The number of benzene rings is 2. The van der Waals surface area contributed by atoms with Crippen LogP contribution in [0.5, 0.6) is 5.75 Å². The first-order chi connectivity index (χ1) is 12.3. The van der Waals surface area contributed by atoms with Crippen LogP contribution < -0.4 is 4.74 Å². The van der Waals surface area contributed by atoms with Crippen molar-refractivity contribution in [3.63, 3.8) is 0 Å². The molecule has 3 rings (SSSR count). The number of aromatic nitrogens is 1. The number of nitrogens with zero attached hydrogens (tertiary/aromatic N) is 2. The third kappa shape index (κ3) is 3.70. The molecule has 1 heterocycles. The summed E-state index contributed by atoms with van der Waals surface area (Å²) in [6, 6.07) is 9.60. The third-order valence-corrected chi connectivity index (χ3v) is 5.79. The number of hydrogen-bond acceptors (Lipinski definition) is 4. The van der Waals surface area contributed by atoms with Gasteiger partial charge in [0.05, 0.1) is 16.6 Å². The van der Waals surface area contributed by atoms with E-state index in [-0.39, 0.29) is 4.90 Å². The number of rotatable bonds is 6. The van der Waals surface area contributed by atoms with Gasteiger partial charge in [-0.15, -0.1) is 0 Å². The van der Waals surface area contributed by atoms with Crippen LogP contribution in [-0.2, 0) is 10.0 Å². The summed E-state index contributed by atoms with van der Waals surface area (Å²) in [6.07, 6.45) is 1.43. The lowest BCUT2D eigenvalue weighted by Crippen LogP contribution is -2.19. The van der Waals surface area contributed by atoms with Crippen molar-refractivity contribution in [2.24, 2.45) is 0 Å². The molecule has 3 aromatic rings. The van der Waals surface area contributed by atoms with Gasteiger partial charge in [-0.1, -0.05) is 11.6 Å². The Morgan fingerprint density at radius 3 is 2.50 bits per heavy atom. The molecular weight excluding hydrogens is 379 g/mol. The summed E-state index contributed by atoms with van der Waals surface area (Å²) in [4.78, 5) is 1.95. The summed E-state index contributed by atoms with van der Waals surface area (Å²) in [5.41, 5.74) is 0.443. The zero-order chi connectivity index (χ0) is 18.9. The highest BCUT2D eigenvalue weighted by Gasteiger charge is 2.22. The predicted octanol–water partition coefficient (Wildman–Crippen LogP) is 3.61. The second-order valence-electron chi connectivity index (χ2n) is 6.06. The second-order valence-corrected chi connectivity index (χ2v) is 8.31. The molecule has 0 N–H and O–H groups in total. The maximum atomic E-state index is 13.1. The maximum Gasteiger partial charge on any atom is 0.268 e. The highest BCUT2D eigenvalue weighted by molar-refractivity contribution is 7.90. The van der Waals surface area contributed by atoms with Crippen LogP contribution in [0.15, 0.2) is 53.6 Å². The summed E-state index contributed by atoms with van der Waals surface area (Å²) in [7, 11) is -0.0609. The first kappa shape index (κ1) is 18.7. The molecular formula is C18H18ClFN2O3S. The minimum atomic E-state index is -3.90. The topological polar surface area (TPSA) is 51.5 Å². The monoisotopic (exact) mass is 396 g/mol. The standard InChI is InChI=1S/C18H18ClFN2O3S/c1-21(2)9-10-25-18-12-22(17-8-3-13(19)11-16(17)18)26(23,24)15-6-4-14(20)5-7-15/h3-8,11-12H,9-10H2,1-2H3. The van der Waals surface area contributed by atoms with Crippen LogP contribution in [0.25, 0.3) is 10.9 Å². The van der Waals surface area contributed by atoms with E-state index >= 15 is 0 Å². The van der Waals surface area contributed by atoms with E-state index < -0.39 is 15.8 Å². The molecule has 0 aliphatic carbocycles. The molecule has 138 valence electrons. The fourth-order valence-corrected chi connectivity index (χ4v) is 4.05. The van der Waals surface area contributed by atoms with Crippen LogP contribution in [0.4, 0.5) is 4.39 Å². The molecule has 0 amide bonds. The van der Waals surface area contributed by atoms with Crippen LogP contribution in [0.2, 0.25) is 5.02 Å². The Morgan fingerprint density at radius 2 is 1.85 bits per heavy atom. The number of hydrogen-bond donors (Lipinski definition) is 0. The molecule has 0 saturated carbocycles. The van der Waals surface area contributed by atoms with E-state index in [0.717, 1.165) is 16.1 Å². The minimum Gasteiger partial charge on any atom is -0.490 e. The zero-order valence-corrected chi connectivity index (χ0v) is 15.9. The number of halogens is 2. The maximum absolute atomic E-state index is 13.1. The van der Waals surface area contributed by atoms with Crippen LogP contribution in [-0.4, -0.2) is 44.5 Å². The summed E-state index contributed by atoms with van der Waals surface area (Å²) < 4.78 is 46.0. The lowest BCUT2D eigenvalue weighted by molar-refractivity contribution is 0.263. The molecule has 0 atom stereocenters. The normalized spacial score (nSPS) is 12.0. The fourth-order valence-electron chi connectivity index (χ4n) is 2.52. The molecule has 0 unspecified atom stereocenters. The molecule has 0 saturated heterocycles. The van der Waals surface area contributed by atoms with Crippen LogP contribution in [0.1, 0.15) is 0 Å². The Morgan fingerprint density at radius 1 is 1.15 bits per heavy atom. The van der Waals surface area contributed by atoms with E-state index in [1.165, 1.54) is 18.3 Å². The molecule has 1 aromatic heterocycles. The highest BCUT2D eigenvalue weighted by atomic mass is 35.5. The van der Waals surface area contributed by atoms with Gasteiger partial charge in [-0.2, -0.15) is 0 Å². The van der Waals surface area contributed by atoms with Crippen molar-refractivity contribution in [2.45, 2.75) is 4.90 Å². The molecule has 5 nitrogen and oxygen atoms in total. The van der Waals surface area contributed by atoms with Gasteiger partial charge >= 0.3 is 0 Å². The summed E-state index contributed by atoms with van der Waals surface area (Å²) in [5, 5.41) is 1.08. The van der Waals surface area contributed by atoms with E-state index in [2.05, 4.69) is 0 Å². The predicted molar refractivity (Wildman–Crippen MR) is 100.0 cm³/mol. The number of ether oxygens (including phenoxy) is 1. The lowest BCUT2D eigenvalue weighted by Gasteiger charge is -2.10. The molecule has 0 radical (unpaired) electrons. The van der Waals surface area contributed by atoms with E-state index in [0.29, 0.717) is 34.8 Å². The van der Waals surface area contributed by atoms with Gasteiger partial charge in [0.2, 0.25) is 0 Å². The SMILES string of the molecule is CN(C)CCOc1cn(S(=O)(=O)c2ccc(F)cc2)c2ccc(Cl)cc12. The van der Waals surface area contributed by atoms with E-state index in [4.69, 9.17) is 16.3 Å². The van der Waals surface area contributed by atoms with Crippen molar-refractivity contribution < 1.29 is 17.5 Å². The Balaban J connectivity index is 2.09. The van der Waals surface area contributed by atoms with Gasteiger partial charge in [-0.05, 0) is 56.6 Å². The molecule has 2 aromatic carbocycles. The first-order valence-corrected chi connectivity index (χ1v) is 9.70. The zero-order valence-electron chi connectivity index (χ0n) is 14.3. The molecule has 26 heavy (non-hydrogen) atoms. The van der Waals surface area contributed by atoms with Gasteiger partial charge in [0, 0.05) is 17.0 Å². The van der Waals surface area contributed by atoms with Gasteiger partial charge in [-0.25, -0.2) is 16.8 Å². The Kier molecular flexibility index (Phi) is 5.22. The van der Waals surface area contributed by atoms with Gasteiger partial charge in [0.1, 0.15) is 18.2 Å². The van der Waals surface area contributed by atoms with Gasteiger partial charge in [0.15, 0.2) is 0 Å². The van der Waals surface area contributed by atoms with Gasteiger partial charge in [-0.3, -0.25) is 0 Å². The molecule has 0 aliphatic rings. The minimum absolute atomic E-state index is 0.00871. The largest absolute Gasteiger partial charge is 0.490 e. The fraction of sp³-hybridized carbons (Fsp3) is 0.222. The van der Waals surface area contributed by atoms with Crippen molar-refractivity contribution in [1.29, 1.82) is 0 Å². The van der Waals surface area contributed by atoms with Crippen LogP contribution >= 0.6 is 11.6 Å². The van der Waals surface area contributed by atoms with Crippen molar-refractivity contribution in [3.05, 3.63) is 59.5 Å². The number of fused-ring (bicyclic) bond motifs is 1. The van der Waals surface area contributed by atoms with E-state index in [9.17, 15) is 12.8 Å². The molecule has 0 bridgehead atoms. The van der Waals surface area contributed by atoms with Crippen LogP contribution in [0, 0.1) is 5.82 Å². The summed E-state index contributed by atoms with van der Waals surface area (Å²) in [6.45, 7) is 1.08. The first-order valence-electron chi connectivity index (χ1n) is 7.88. The summed E-state index contributed by atoms with van der Waals surface area (Å²) in [5.74, 6) is -0.0733. The van der Waals surface area contributed by atoms with Gasteiger partial charge < -0.3 is 9.64 Å².